The highest BCUT2D eigenvalue weighted by Crippen LogP contribution is 2.37. The summed E-state index contributed by atoms with van der Waals surface area (Å²) < 4.78 is 5.15. The van der Waals surface area contributed by atoms with Crippen LogP contribution in [0.15, 0.2) is 54.6 Å². The molecule has 0 aliphatic carbocycles. The van der Waals surface area contributed by atoms with Crippen molar-refractivity contribution in [3.63, 3.8) is 0 Å². The van der Waals surface area contributed by atoms with Crippen LogP contribution < -0.4 is 5.32 Å². The van der Waals surface area contributed by atoms with Crippen molar-refractivity contribution < 1.29 is 9.53 Å². The molecule has 0 radical (unpaired) electrons. The Hall–Kier alpha value is -2.33. The standard InChI is InChI=1S/C19H22N2O2/c1-19(15-9-4-3-5-10-15)20-17-12-7-6-11-16(17)18(22)21(19)13-8-14-23-2/h3-7,9-12,20H,8,13-14H2,1-2H3. The van der Waals surface area contributed by atoms with E-state index in [2.05, 4.69) is 24.4 Å². The number of carbonyl (C=O) groups is 1. The Morgan fingerprint density at radius 1 is 1.09 bits per heavy atom. The zero-order valence-corrected chi connectivity index (χ0v) is 13.6. The lowest BCUT2D eigenvalue weighted by Crippen LogP contribution is -2.56. The lowest BCUT2D eigenvalue weighted by molar-refractivity contribution is 0.0504. The van der Waals surface area contributed by atoms with Crippen molar-refractivity contribution in [2.75, 3.05) is 25.6 Å². The summed E-state index contributed by atoms with van der Waals surface area (Å²) in [5.41, 5.74) is 2.10. The number of benzene rings is 2. The highest BCUT2D eigenvalue weighted by atomic mass is 16.5. The number of hydrogen-bond acceptors (Lipinski definition) is 3. The topological polar surface area (TPSA) is 41.6 Å². The Labute approximate surface area is 137 Å². The third-order valence-corrected chi connectivity index (χ3v) is 4.39. The maximum Gasteiger partial charge on any atom is 0.258 e. The van der Waals surface area contributed by atoms with Gasteiger partial charge in [-0.1, -0.05) is 42.5 Å². The van der Waals surface area contributed by atoms with E-state index in [0.29, 0.717) is 13.2 Å². The lowest BCUT2D eigenvalue weighted by Gasteiger charge is -2.46. The van der Waals surface area contributed by atoms with Crippen LogP contribution in [-0.2, 0) is 10.4 Å². The maximum atomic E-state index is 13.0. The van der Waals surface area contributed by atoms with Gasteiger partial charge in [-0.25, -0.2) is 0 Å². The van der Waals surface area contributed by atoms with Crippen LogP contribution in [0.5, 0.6) is 0 Å². The van der Waals surface area contributed by atoms with Crippen LogP contribution in [0.4, 0.5) is 5.69 Å². The quantitative estimate of drug-likeness (QED) is 0.860. The molecule has 0 bridgehead atoms. The van der Waals surface area contributed by atoms with Gasteiger partial charge in [0, 0.05) is 25.9 Å². The van der Waals surface area contributed by atoms with E-state index in [4.69, 9.17) is 4.74 Å². The second-order valence-corrected chi connectivity index (χ2v) is 5.91. The minimum Gasteiger partial charge on any atom is -0.385 e. The first-order valence-corrected chi connectivity index (χ1v) is 7.90. The third kappa shape index (κ3) is 2.82. The predicted molar refractivity (Wildman–Crippen MR) is 91.4 cm³/mol. The summed E-state index contributed by atoms with van der Waals surface area (Å²) in [6.07, 6.45) is 0.800. The van der Waals surface area contributed by atoms with Gasteiger partial charge in [-0.2, -0.15) is 0 Å². The lowest BCUT2D eigenvalue weighted by atomic mass is 9.93. The van der Waals surface area contributed by atoms with Crippen LogP contribution in [0.25, 0.3) is 0 Å². The molecule has 1 atom stereocenters. The molecule has 3 rings (SSSR count). The first-order chi connectivity index (χ1) is 11.2. The van der Waals surface area contributed by atoms with Crippen molar-refractivity contribution in [2.24, 2.45) is 0 Å². The van der Waals surface area contributed by atoms with Crippen LogP contribution in [0.3, 0.4) is 0 Å². The van der Waals surface area contributed by atoms with E-state index >= 15 is 0 Å². The third-order valence-electron chi connectivity index (χ3n) is 4.39. The number of fused-ring (bicyclic) bond motifs is 1. The van der Waals surface area contributed by atoms with Crippen molar-refractivity contribution in [2.45, 2.75) is 19.0 Å². The second kappa shape index (κ2) is 6.42. The normalized spacial score (nSPS) is 20.1. The van der Waals surface area contributed by atoms with E-state index < -0.39 is 5.66 Å². The molecule has 0 fully saturated rings. The Kier molecular flexibility index (Phi) is 4.35. The smallest absolute Gasteiger partial charge is 0.258 e. The summed E-state index contributed by atoms with van der Waals surface area (Å²) in [4.78, 5) is 15.0. The van der Waals surface area contributed by atoms with E-state index in [0.717, 1.165) is 23.2 Å². The molecule has 0 spiro atoms. The van der Waals surface area contributed by atoms with Crippen LogP contribution >= 0.6 is 0 Å². The number of methoxy groups -OCH3 is 1. The number of ether oxygens (including phenoxy) is 1. The molecule has 0 saturated heterocycles. The number of rotatable bonds is 5. The van der Waals surface area contributed by atoms with Gasteiger partial charge in [0.1, 0.15) is 5.66 Å². The van der Waals surface area contributed by atoms with E-state index in [9.17, 15) is 4.79 Å². The molecule has 120 valence electrons. The summed E-state index contributed by atoms with van der Waals surface area (Å²) >= 11 is 0. The number of para-hydroxylation sites is 1. The zero-order chi connectivity index (χ0) is 16.3. The van der Waals surface area contributed by atoms with E-state index in [1.165, 1.54) is 0 Å². The minimum atomic E-state index is -0.569. The monoisotopic (exact) mass is 310 g/mol. The molecule has 1 N–H and O–H groups in total. The van der Waals surface area contributed by atoms with Crippen molar-refractivity contribution in [1.29, 1.82) is 0 Å². The molecule has 0 saturated carbocycles. The fourth-order valence-corrected chi connectivity index (χ4v) is 3.14. The van der Waals surface area contributed by atoms with Gasteiger partial charge in [0.15, 0.2) is 0 Å². The predicted octanol–water partition coefficient (Wildman–Crippen LogP) is 3.46. The Balaban J connectivity index is 2.02. The molecule has 4 nitrogen and oxygen atoms in total. The van der Waals surface area contributed by atoms with Crippen molar-refractivity contribution in [3.05, 3.63) is 65.7 Å². The number of hydrogen-bond donors (Lipinski definition) is 1. The number of anilines is 1. The number of nitrogens with one attached hydrogen (secondary N) is 1. The van der Waals surface area contributed by atoms with E-state index in [1.54, 1.807) is 7.11 Å². The molecule has 2 aromatic carbocycles. The van der Waals surface area contributed by atoms with Crippen molar-refractivity contribution in [1.82, 2.24) is 4.90 Å². The van der Waals surface area contributed by atoms with Crippen molar-refractivity contribution in [3.8, 4) is 0 Å². The highest BCUT2D eigenvalue weighted by Gasteiger charge is 2.41. The van der Waals surface area contributed by atoms with Crippen molar-refractivity contribution >= 4 is 11.6 Å². The summed E-state index contributed by atoms with van der Waals surface area (Å²) in [5.74, 6) is 0.0572. The summed E-state index contributed by atoms with van der Waals surface area (Å²) in [6.45, 7) is 3.33. The molecule has 2 aromatic rings. The summed E-state index contributed by atoms with van der Waals surface area (Å²) in [7, 11) is 1.68. The average molecular weight is 310 g/mol. The molecule has 1 aliphatic rings. The summed E-state index contributed by atoms with van der Waals surface area (Å²) in [6, 6.07) is 17.8. The zero-order valence-electron chi connectivity index (χ0n) is 13.6. The van der Waals surface area contributed by atoms with Gasteiger partial charge in [-0.15, -0.1) is 0 Å². The first kappa shape index (κ1) is 15.6. The van der Waals surface area contributed by atoms with Gasteiger partial charge < -0.3 is 15.0 Å². The van der Waals surface area contributed by atoms with Crippen LogP contribution in [0.1, 0.15) is 29.3 Å². The molecule has 23 heavy (non-hydrogen) atoms. The maximum absolute atomic E-state index is 13.0. The highest BCUT2D eigenvalue weighted by molar-refractivity contribution is 6.02. The number of amides is 1. The molecule has 4 heteroatoms. The van der Waals surface area contributed by atoms with Gasteiger partial charge in [0.05, 0.1) is 5.56 Å². The van der Waals surface area contributed by atoms with Gasteiger partial charge in [-0.05, 0) is 31.0 Å². The molecule has 1 heterocycles. The fraction of sp³-hybridized carbons (Fsp3) is 0.316. The SMILES string of the molecule is COCCCN1C(=O)c2ccccc2NC1(C)c1ccccc1. The molecule has 1 amide bonds. The second-order valence-electron chi connectivity index (χ2n) is 5.91. The Morgan fingerprint density at radius 3 is 2.52 bits per heavy atom. The minimum absolute atomic E-state index is 0.0572. The van der Waals surface area contributed by atoms with Crippen LogP contribution in [0, 0.1) is 0 Å². The van der Waals surface area contributed by atoms with Gasteiger partial charge in [0.25, 0.3) is 5.91 Å². The summed E-state index contributed by atoms with van der Waals surface area (Å²) in [5, 5.41) is 3.56. The fourth-order valence-electron chi connectivity index (χ4n) is 3.14. The molecule has 1 aliphatic heterocycles. The average Bonchev–Trinajstić information content (AvgIpc) is 2.59. The number of nitrogens with zero attached hydrogens (tertiary/aromatic N) is 1. The van der Waals surface area contributed by atoms with Gasteiger partial charge in [-0.3, -0.25) is 4.79 Å². The van der Waals surface area contributed by atoms with Gasteiger partial charge in [0.2, 0.25) is 0 Å². The van der Waals surface area contributed by atoms with Crippen LogP contribution in [-0.4, -0.2) is 31.1 Å². The van der Waals surface area contributed by atoms with E-state index in [1.807, 2.05) is 47.4 Å². The Bertz CT molecular complexity index is 687. The molecule has 0 aromatic heterocycles. The largest absolute Gasteiger partial charge is 0.385 e. The number of carbonyl (C=O) groups excluding carboxylic acids is 1. The van der Waals surface area contributed by atoms with Crippen LogP contribution in [0.2, 0.25) is 0 Å². The molecule has 1 unspecified atom stereocenters. The molecular formula is C19H22N2O2. The van der Waals surface area contributed by atoms with Gasteiger partial charge >= 0.3 is 0 Å². The molecular weight excluding hydrogens is 288 g/mol. The van der Waals surface area contributed by atoms with E-state index in [-0.39, 0.29) is 5.91 Å². The Morgan fingerprint density at radius 2 is 1.78 bits per heavy atom. The first-order valence-electron chi connectivity index (χ1n) is 7.90.